The Balaban J connectivity index is 2.05. The highest BCUT2D eigenvalue weighted by Gasteiger charge is 2.22. The van der Waals surface area contributed by atoms with Gasteiger partial charge in [0.05, 0.1) is 12.5 Å². The third-order valence-corrected chi connectivity index (χ3v) is 4.24. The summed E-state index contributed by atoms with van der Waals surface area (Å²) < 4.78 is 5.09. The van der Waals surface area contributed by atoms with Gasteiger partial charge < -0.3 is 4.74 Å². The van der Waals surface area contributed by atoms with Crippen molar-refractivity contribution in [1.29, 1.82) is 0 Å². The summed E-state index contributed by atoms with van der Waals surface area (Å²) in [6.45, 7) is 5.82. The fourth-order valence-electron chi connectivity index (χ4n) is 2.75. The molecule has 1 amide bonds. The largest absolute Gasteiger partial charge is 0.465 e. The van der Waals surface area contributed by atoms with Crippen LogP contribution in [-0.2, 0) is 9.53 Å². The molecule has 0 fully saturated rings. The molecule has 0 bridgehead atoms. The first-order valence-corrected chi connectivity index (χ1v) is 9.23. The van der Waals surface area contributed by atoms with Crippen molar-refractivity contribution in [3.05, 3.63) is 60.2 Å². The number of nitrogens with one attached hydrogen (secondary N) is 1. The number of amides is 1. The number of benzene rings is 2. The predicted molar refractivity (Wildman–Crippen MR) is 107 cm³/mol. The van der Waals surface area contributed by atoms with Gasteiger partial charge in [-0.05, 0) is 43.5 Å². The topological polar surface area (TPSA) is 67.8 Å². The maximum Gasteiger partial charge on any atom is 0.314 e. The first kappa shape index (κ1) is 20.4. The number of hydrogen-bond acceptors (Lipinski definition) is 4. The molecule has 1 atom stereocenters. The van der Waals surface area contributed by atoms with Gasteiger partial charge in [0, 0.05) is 11.3 Å². The van der Waals surface area contributed by atoms with Crippen molar-refractivity contribution >= 4 is 17.6 Å². The number of nitrogens with zero attached hydrogens (tertiary/aromatic N) is 1. The quantitative estimate of drug-likeness (QED) is 0.427. The summed E-state index contributed by atoms with van der Waals surface area (Å²) in [5.41, 5.74) is 5.72. The molecule has 1 N–H and O–H groups in total. The Morgan fingerprint density at radius 2 is 1.63 bits per heavy atom. The van der Waals surface area contributed by atoms with Gasteiger partial charge >= 0.3 is 5.97 Å². The summed E-state index contributed by atoms with van der Waals surface area (Å²) in [7, 11) is 0. The second kappa shape index (κ2) is 10.3. The van der Waals surface area contributed by atoms with Crippen molar-refractivity contribution in [3.63, 3.8) is 0 Å². The van der Waals surface area contributed by atoms with Gasteiger partial charge in [0.15, 0.2) is 0 Å². The minimum absolute atomic E-state index is 0.304. The van der Waals surface area contributed by atoms with Gasteiger partial charge in [-0.2, -0.15) is 5.10 Å². The van der Waals surface area contributed by atoms with Crippen molar-refractivity contribution in [2.75, 3.05) is 6.61 Å². The smallest absolute Gasteiger partial charge is 0.314 e. The average molecular weight is 366 g/mol. The lowest BCUT2D eigenvalue weighted by Crippen LogP contribution is -2.27. The molecule has 0 aliphatic rings. The number of rotatable bonds is 8. The Morgan fingerprint density at radius 3 is 2.22 bits per heavy atom. The van der Waals surface area contributed by atoms with Crippen LogP contribution in [0.5, 0.6) is 0 Å². The summed E-state index contributed by atoms with van der Waals surface area (Å²) in [5, 5.41) is 4.12. The molecule has 0 aliphatic heterocycles. The van der Waals surface area contributed by atoms with Gasteiger partial charge in [-0.3, -0.25) is 9.59 Å². The molecule has 142 valence electrons. The van der Waals surface area contributed by atoms with Crippen molar-refractivity contribution in [2.24, 2.45) is 11.0 Å². The maximum atomic E-state index is 12.3. The summed E-state index contributed by atoms with van der Waals surface area (Å²) in [5.74, 6) is -1.05. The molecule has 0 unspecified atom stereocenters. The average Bonchev–Trinajstić information content (AvgIpc) is 2.71. The lowest BCUT2D eigenvalue weighted by molar-refractivity contribution is -0.145. The van der Waals surface area contributed by atoms with Crippen LogP contribution in [0, 0.1) is 5.92 Å². The van der Waals surface area contributed by atoms with Crippen LogP contribution in [0.25, 0.3) is 11.1 Å². The first-order chi connectivity index (χ1) is 13.1. The molecule has 0 radical (unpaired) electrons. The maximum absolute atomic E-state index is 12.3. The van der Waals surface area contributed by atoms with Gasteiger partial charge in [-0.15, -0.1) is 0 Å². The molecular formula is C22H26N2O3. The summed E-state index contributed by atoms with van der Waals surface area (Å²) in [6, 6.07) is 17.3. The zero-order valence-electron chi connectivity index (χ0n) is 16.1. The van der Waals surface area contributed by atoms with E-state index < -0.39 is 5.92 Å². The zero-order chi connectivity index (χ0) is 19.6. The molecule has 27 heavy (non-hydrogen) atoms. The fourth-order valence-corrected chi connectivity index (χ4v) is 2.75. The van der Waals surface area contributed by atoms with Gasteiger partial charge in [0.1, 0.15) is 0 Å². The number of carbonyl (C=O) groups is 2. The van der Waals surface area contributed by atoms with Crippen LogP contribution in [0.3, 0.4) is 0 Å². The number of carbonyl (C=O) groups excluding carboxylic acids is 2. The first-order valence-electron chi connectivity index (χ1n) is 9.23. The second-order valence-electron chi connectivity index (χ2n) is 6.23. The molecule has 0 saturated carbocycles. The third kappa shape index (κ3) is 5.78. The Bertz CT molecular complexity index is 783. The molecule has 2 rings (SSSR count). The van der Waals surface area contributed by atoms with Crippen LogP contribution in [-0.4, -0.2) is 24.2 Å². The number of esters is 1. The van der Waals surface area contributed by atoms with Crippen LogP contribution in [0.2, 0.25) is 0 Å². The summed E-state index contributed by atoms with van der Waals surface area (Å²) in [6.07, 6.45) is 1.46. The van der Waals surface area contributed by atoms with E-state index in [1.807, 2.05) is 49.4 Å². The SMILES string of the molecule is CCC[C@@H](C(=O)OCC)/C(C)=N/NC(=O)c1ccc(-c2ccccc2)cc1. The number of ether oxygens (including phenoxy) is 1. The van der Waals surface area contributed by atoms with Gasteiger partial charge in [0.2, 0.25) is 0 Å². The van der Waals surface area contributed by atoms with Crippen molar-refractivity contribution in [2.45, 2.75) is 33.6 Å². The molecule has 0 spiro atoms. The van der Waals surface area contributed by atoms with Crippen molar-refractivity contribution in [3.8, 4) is 11.1 Å². The molecule has 0 aliphatic carbocycles. The number of hydrazone groups is 1. The lowest BCUT2D eigenvalue weighted by Gasteiger charge is -2.14. The highest BCUT2D eigenvalue weighted by atomic mass is 16.5. The Kier molecular flexibility index (Phi) is 7.74. The summed E-state index contributed by atoms with van der Waals surface area (Å²) in [4.78, 5) is 24.4. The fraction of sp³-hybridized carbons (Fsp3) is 0.318. The molecule has 0 aromatic heterocycles. The molecule has 2 aromatic carbocycles. The second-order valence-corrected chi connectivity index (χ2v) is 6.23. The Labute approximate surface area is 160 Å². The van der Waals surface area contributed by atoms with Gasteiger partial charge in [-0.25, -0.2) is 5.43 Å². The van der Waals surface area contributed by atoms with E-state index in [-0.39, 0.29) is 11.9 Å². The van der Waals surface area contributed by atoms with Gasteiger partial charge in [-0.1, -0.05) is 55.8 Å². The van der Waals surface area contributed by atoms with Gasteiger partial charge in [0.25, 0.3) is 5.91 Å². The van der Waals surface area contributed by atoms with Crippen LogP contribution >= 0.6 is 0 Å². The number of hydrogen-bond donors (Lipinski definition) is 1. The normalized spacial score (nSPS) is 12.3. The third-order valence-electron chi connectivity index (χ3n) is 4.24. The molecule has 2 aromatic rings. The van der Waals surface area contributed by atoms with Crippen LogP contribution in [0.15, 0.2) is 59.7 Å². The highest BCUT2D eigenvalue weighted by molar-refractivity contribution is 6.02. The van der Waals surface area contributed by atoms with E-state index in [4.69, 9.17) is 4.74 Å². The molecule has 5 nitrogen and oxygen atoms in total. The van der Waals surface area contributed by atoms with Crippen LogP contribution in [0.1, 0.15) is 44.0 Å². The Morgan fingerprint density at radius 1 is 1.00 bits per heavy atom. The van der Waals surface area contributed by atoms with E-state index in [0.717, 1.165) is 17.5 Å². The van der Waals surface area contributed by atoms with E-state index >= 15 is 0 Å². The van der Waals surface area contributed by atoms with E-state index in [1.54, 1.807) is 26.0 Å². The van der Waals surface area contributed by atoms with Crippen molar-refractivity contribution < 1.29 is 14.3 Å². The van der Waals surface area contributed by atoms with Crippen LogP contribution < -0.4 is 5.43 Å². The van der Waals surface area contributed by atoms with Crippen LogP contribution in [0.4, 0.5) is 0 Å². The van der Waals surface area contributed by atoms with Crippen molar-refractivity contribution in [1.82, 2.24) is 5.43 Å². The minimum Gasteiger partial charge on any atom is -0.465 e. The monoisotopic (exact) mass is 366 g/mol. The highest BCUT2D eigenvalue weighted by Crippen LogP contribution is 2.19. The lowest BCUT2D eigenvalue weighted by atomic mass is 9.99. The van der Waals surface area contributed by atoms with E-state index in [0.29, 0.717) is 24.3 Å². The Hall–Kier alpha value is -2.95. The molecule has 0 heterocycles. The van der Waals surface area contributed by atoms with E-state index in [9.17, 15) is 9.59 Å². The predicted octanol–water partition coefficient (Wildman–Crippen LogP) is 4.44. The summed E-state index contributed by atoms with van der Waals surface area (Å²) >= 11 is 0. The zero-order valence-corrected chi connectivity index (χ0v) is 16.1. The molecule has 0 saturated heterocycles. The minimum atomic E-state index is -0.435. The standard InChI is InChI=1S/C22H26N2O3/c1-4-9-20(22(26)27-5-2)16(3)23-24-21(25)19-14-12-18(13-15-19)17-10-7-6-8-11-17/h6-8,10-15,20H,4-5,9H2,1-3H3,(H,24,25)/b23-16+/t20-/m1/s1. The molecular weight excluding hydrogens is 340 g/mol. The van der Waals surface area contributed by atoms with E-state index in [1.165, 1.54) is 0 Å². The molecule has 5 heteroatoms. The van der Waals surface area contributed by atoms with E-state index in [2.05, 4.69) is 10.5 Å².